The van der Waals surface area contributed by atoms with Crippen molar-refractivity contribution in [2.75, 3.05) is 5.32 Å². The number of carbonyl (C=O) groups is 1. The maximum Gasteiger partial charge on any atom is 0.300 e. The molecule has 0 radical (unpaired) electrons. The number of anilines is 1. The molecule has 1 aliphatic rings. The molecule has 3 rings (SSSR count). The SMILES string of the molecule is O=C1Nc2c(cc([N+](=O)[O-])cc2[N+](=O)[O-])/C1=N/OCc1ccccc1. The number of nitro benzene ring substituents is 2. The molecular formula is C15H10N4O6. The van der Waals surface area contributed by atoms with Gasteiger partial charge in [0.1, 0.15) is 12.3 Å². The van der Waals surface area contributed by atoms with Crippen LogP contribution in [0.2, 0.25) is 0 Å². The minimum absolute atomic E-state index is 0.0426. The van der Waals surface area contributed by atoms with E-state index in [-0.39, 0.29) is 23.6 Å². The zero-order valence-electron chi connectivity index (χ0n) is 12.5. The number of carbonyl (C=O) groups excluding carboxylic acids is 1. The van der Waals surface area contributed by atoms with Crippen LogP contribution in [-0.4, -0.2) is 21.5 Å². The Balaban J connectivity index is 1.96. The van der Waals surface area contributed by atoms with Crippen LogP contribution in [0.1, 0.15) is 11.1 Å². The predicted octanol–water partition coefficient (Wildman–Crippen LogP) is 2.38. The third-order valence-corrected chi connectivity index (χ3v) is 3.45. The summed E-state index contributed by atoms with van der Waals surface area (Å²) < 4.78 is 0. The number of nitrogens with zero attached hydrogens (tertiary/aromatic N) is 3. The molecule has 2 aromatic carbocycles. The van der Waals surface area contributed by atoms with Crippen molar-refractivity contribution in [1.82, 2.24) is 0 Å². The summed E-state index contributed by atoms with van der Waals surface area (Å²) in [6.45, 7) is 0.0734. The quantitative estimate of drug-likeness (QED) is 0.654. The maximum absolute atomic E-state index is 12.0. The van der Waals surface area contributed by atoms with E-state index in [1.165, 1.54) is 0 Å². The largest absolute Gasteiger partial charge is 0.390 e. The molecular weight excluding hydrogens is 332 g/mol. The van der Waals surface area contributed by atoms with Gasteiger partial charge in [-0.1, -0.05) is 35.5 Å². The van der Waals surface area contributed by atoms with E-state index in [0.29, 0.717) is 0 Å². The van der Waals surface area contributed by atoms with E-state index in [4.69, 9.17) is 4.84 Å². The van der Waals surface area contributed by atoms with Crippen molar-refractivity contribution >= 4 is 28.7 Å². The van der Waals surface area contributed by atoms with Gasteiger partial charge in [-0.15, -0.1) is 0 Å². The van der Waals surface area contributed by atoms with Crippen LogP contribution in [0, 0.1) is 20.2 Å². The molecule has 0 aromatic heterocycles. The van der Waals surface area contributed by atoms with E-state index < -0.39 is 27.1 Å². The molecule has 0 spiro atoms. The molecule has 0 saturated heterocycles. The number of oxime groups is 1. The molecule has 0 saturated carbocycles. The summed E-state index contributed by atoms with van der Waals surface area (Å²) in [5.41, 5.74) is -0.724. The van der Waals surface area contributed by atoms with Crippen molar-refractivity contribution in [2.24, 2.45) is 5.16 Å². The summed E-state index contributed by atoms with van der Waals surface area (Å²) in [5.74, 6) is -0.730. The van der Waals surface area contributed by atoms with Gasteiger partial charge in [-0.25, -0.2) is 0 Å². The van der Waals surface area contributed by atoms with E-state index in [0.717, 1.165) is 17.7 Å². The monoisotopic (exact) mass is 342 g/mol. The van der Waals surface area contributed by atoms with Crippen molar-refractivity contribution < 1.29 is 19.5 Å². The molecule has 0 bridgehead atoms. The maximum atomic E-state index is 12.0. The third kappa shape index (κ3) is 3.13. The van der Waals surface area contributed by atoms with Gasteiger partial charge in [0.05, 0.1) is 15.9 Å². The summed E-state index contributed by atoms with van der Waals surface area (Å²) in [7, 11) is 0. The van der Waals surface area contributed by atoms with Crippen molar-refractivity contribution in [3.05, 3.63) is 73.8 Å². The normalized spacial score (nSPS) is 14.1. The number of benzene rings is 2. The number of rotatable bonds is 5. The molecule has 1 N–H and O–H groups in total. The van der Waals surface area contributed by atoms with Crippen LogP contribution in [0.3, 0.4) is 0 Å². The predicted molar refractivity (Wildman–Crippen MR) is 86.1 cm³/mol. The fourth-order valence-corrected chi connectivity index (χ4v) is 2.31. The molecule has 1 amide bonds. The summed E-state index contributed by atoms with van der Waals surface area (Å²) >= 11 is 0. The molecule has 10 nitrogen and oxygen atoms in total. The first-order valence-corrected chi connectivity index (χ1v) is 7.00. The second-order valence-electron chi connectivity index (χ2n) is 5.05. The van der Waals surface area contributed by atoms with Gasteiger partial charge in [0.15, 0.2) is 5.71 Å². The highest BCUT2D eigenvalue weighted by atomic mass is 16.6. The van der Waals surface area contributed by atoms with Crippen LogP contribution < -0.4 is 5.32 Å². The number of hydrogen-bond donors (Lipinski definition) is 1. The van der Waals surface area contributed by atoms with E-state index in [1.807, 2.05) is 6.07 Å². The number of fused-ring (bicyclic) bond motifs is 1. The van der Waals surface area contributed by atoms with Crippen LogP contribution >= 0.6 is 0 Å². The standard InChI is InChI=1S/C15H10N4O6/c20-15-14(17-25-8-9-4-2-1-3-5-9)11-6-10(18(21)22)7-12(19(23)24)13(11)16-15/h1-7H,8H2,(H,16,17,20). The summed E-state index contributed by atoms with van der Waals surface area (Å²) in [6.07, 6.45) is 0. The van der Waals surface area contributed by atoms with Crippen LogP contribution in [-0.2, 0) is 16.2 Å². The minimum Gasteiger partial charge on any atom is -0.390 e. The van der Waals surface area contributed by atoms with Crippen LogP contribution in [0.5, 0.6) is 0 Å². The second kappa shape index (κ2) is 6.35. The van der Waals surface area contributed by atoms with Gasteiger partial charge >= 0.3 is 0 Å². The fraction of sp³-hybridized carbons (Fsp3) is 0.0667. The Morgan fingerprint density at radius 3 is 2.44 bits per heavy atom. The zero-order chi connectivity index (χ0) is 18.0. The molecule has 0 atom stereocenters. The highest BCUT2D eigenvalue weighted by Crippen LogP contribution is 2.37. The Kier molecular flexibility index (Phi) is 4.08. The Labute approximate surface area is 140 Å². The number of hydrogen-bond acceptors (Lipinski definition) is 7. The van der Waals surface area contributed by atoms with E-state index in [9.17, 15) is 25.0 Å². The van der Waals surface area contributed by atoms with Crippen LogP contribution in [0.25, 0.3) is 0 Å². The van der Waals surface area contributed by atoms with Gasteiger partial charge in [0.25, 0.3) is 17.3 Å². The number of amides is 1. The zero-order valence-corrected chi connectivity index (χ0v) is 12.5. The third-order valence-electron chi connectivity index (χ3n) is 3.45. The summed E-state index contributed by atoms with van der Waals surface area (Å²) in [5, 5.41) is 28.1. The Hall–Kier alpha value is -3.82. The first kappa shape index (κ1) is 16.1. The van der Waals surface area contributed by atoms with Gasteiger partial charge in [-0.3, -0.25) is 25.0 Å². The van der Waals surface area contributed by atoms with Gasteiger partial charge in [-0.05, 0) is 5.56 Å². The highest BCUT2D eigenvalue weighted by molar-refractivity contribution is 6.54. The van der Waals surface area contributed by atoms with Gasteiger partial charge in [0.2, 0.25) is 0 Å². The number of nitro groups is 2. The fourth-order valence-electron chi connectivity index (χ4n) is 2.31. The first-order chi connectivity index (χ1) is 12.0. The van der Waals surface area contributed by atoms with E-state index in [1.54, 1.807) is 24.3 Å². The summed E-state index contributed by atoms with van der Waals surface area (Å²) in [4.78, 5) is 37.6. The van der Waals surface area contributed by atoms with Crippen molar-refractivity contribution in [1.29, 1.82) is 0 Å². The van der Waals surface area contributed by atoms with Crippen molar-refractivity contribution in [3.63, 3.8) is 0 Å². The van der Waals surface area contributed by atoms with Gasteiger partial charge < -0.3 is 10.2 Å². The van der Waals surface area contributed by atoms with Crippen LogP contribution in [0.4, 0.5) is 17.1 Å². The molecule has 126 valence electrons. The Bertz CT molecular complexity index is 910. The lowest BCUT2D eigenvalue weighted by molar-refractivity contribution is -0.393. The average Bonchev–Trinajstić information content (AvgIpc) is 2.90. The smallest absolute Gasteiger partial charge is 0.300 e. The second-order valence-corrected chi connectivity index (χ2v) is 5.05. The topological polar surface area (TPSA) is 137 Å². The average molecular weight is 342 g/mol. The lowest BCUT2D eigenvalue weighted by atomic mass is 10.1. The Morgan fingerprint density at radius 2 is 1.80 bits per heavy atom. The molecule has 0 aliphatic carbocycles. The van der Waals surface area contributed by atoms with Crippen LogP contribution in [0.15, 0.2) is 47.6 Å². The molecule has 25 heavy (non-hydrogen) atoms. The Morgan fingerprint density at radius 1 is 1.08 bits per heavy atom. The number of nitrogens with one attached hydrogen (secondary N) is 1. The van der Waals surface area contributed by atoms with Crippen molar-refractivity contribution in [3.8, 4) is 0 Å². The lowest BCUT2D eigenvalue weighted by Gasteiger charge is -2.01. The minimum atomic E-state index is -0.806. The van der Waals surface area contributed by atoms with E-state index >= 15 is 0 Å². The van der Waals surface area contributed by atoms with Gasteiger partial charge in [0, 0.05) is 11.6 Å². The molecule has 1 aliphatic heterocycles. The molecule has 1 heterocycles. The first-order valence-electron chi connectivity index (χ1n) is 7.00. The molecule has 0 fully saturated rings. The highest BCUT2D eigenvalue weighted by Gasteiger charge is 2.36. The lowest BCUT2D eigenvalue weighted by Crippen LogP contribution is -2.14. The number of non-ortho nitro benzene ring substituents is 1. The van der Waals surface area contributed by atoms with Gasteiger partial charge in [-0.2, -0.15) is 0 Å². The molecule has 0 unspecified atom stereocenters. The molecule has 10 heteroatoms. The van der Waals surface area contributed by atoms with E-state index in [2.05, 4.69) is 10.5 Å². The summed E-state index contributed by atoms with van der Waals surface area (Å²) in [6, 6.07) is 10.8. The molecule has 2 aromatic rings. The van der Waals surface area contributed by atoms with Crippen molar-refractivity contribution in [2.45, 2.75) is 6.61 Å².